The summed E-state index contributed by atoms with van der Waals surface area (Å²) < 4.78 is 23.2. The summed E-state index contributed by atoms with van der Waals surface area (Å²) in [6.07, 6.45) is 52.4. The molecule has 1 amide bonds. The topological polar surface area (TPSA) is 108 Å². The Bertz CT molecular complexity index is 1030. The molecular weight excluding hydrogens is 768 g/mol. The summed E-state index contributed by atoms with van der Waals surface area (Å²) in [6, 6.07) is -0.891. The number of allylic oxidation sites excluding steroid dienone is 3. The third kappa shape index (κ3) is 45.0. The number of likely N-dealkylation sites (N-methyl/N-ethyl adjacent to an activating group) is 1. The molecular formula is C51H101N2O6P. The number of unbranched alkanes of at least 4 members (excludes halogenated alkanes) is 32. The molecule has 356 valence electrons. The lowest BCUT2D eigenvalue weighted by molar-refractivity contribution is -0.870. The molecule has 0 aromatic rings. The van der Waals surface area contributed by atoms with Crippen LogP contribution in [0.4, 0.5) is 0 Å². The summed E-state index contributed by atoms with van der Waals surface area (Å²) in [5.74, 6) is -0.212. The van der Waals surface area contributed by atoms with Crippen LogP contribution >= 0.6 is 7.82 Å². The summed E-state index contributed by atoms with van der Waals surface area (Å²) in [6.45, 7) is 4.65. The number of nitrogens with zero attached hydrogens (tertiary/aromatic N) is 1. The van der Waals surface area contributed by atoms with Crippen LogP contribution in [0.15, 0.2) is 24.3 Å². The molecule has 0 aromatic carbocycles. The number of rotatable bonds is 47. The van der Waals surface area contributed by atoms with Gasteiger partial charge in [0.25, 0.3) is 7.82 Å². The summed E-state index contributed by atoms with van der Waals surface area (Å²) in [5, 5.41) is 13.8. The molecule has 8 nitrogen and oxygen atoms in total. The van der Waals surface area contributed by atoms with E-state index in [2.05, 4.69) is 31.3 Å². The average molecular weight is 869 g/mol. The van der Waals surface area contributed by atoms with Crippen LogP contribution in [0.25, 0.3) is 0 Å². The molecule has 0 saturated carbocycles. The Labute approximate surface area is 373 Å². The predicted octanol–water partition coefficient (Wildman–Crippen LogP) is 14.2. The van der Waals surface area contributed by atoms with Gasteiger partial charge < -0.3 is 28.8 Å². The molecule has 3 unspecified atom stereocenters. The van der Waals surface area contributed by atoms with Crippen molar-refractivity contribution in [2.45, 2.75) is 257 Å². The van der Waals surface area contributed by atoms with E-state index in [-0.39, 0.29) is 19.1 Å². The molecule has 0 saturated heterocycles. The van der Waals surface area contributed by atoms with Gasteiger partial charge in [0.05, 0.1) is 39.9 Å². The van der Waals surface area contributed by atoms with Crippen LogP contribution < -0.4 is 10.2 Å². The molecule has 0 aliphatic carbocycles. The van der Waals surface area contributed by atoms with Gasteiger partial charge in [-0.05, 0) is 44.9 Å². The molecule has 3 atom stereocenters. The first kappa shape index (κ1) is 59.0. The average Bonchev–Trinajstić information content (AvgIpc) is 3.20. The fourth-order valence-electron chi connectivity index (χ4n) is 7.56. The summed E-state index contributed by atoms with van der Waals surface area (Å²) in [4.78, 5) is 25.3. The van der Waals surface area contributed by atoms with Crippen LogP contribution in [0.5, 0.6) is 0 Å². The number of phosphoric acid groups is 1. The van der Waals surface area contributed by atoms with E-state index in [0.717, 1.165) is 51.4 Å². The van der Waals surface area contributed by atoms with Crippen molar-refractivity contribution in [1.82, 2.24) is 5.32 Å². The summed E-state index contributed by atoms with van der Waals surface area (Å²) in [7, 11) is 1.26. The third-order valence-electron chi connectivity index (χ3n) is 11.7. The normalized spacial score (nSPS) is 14.3. The highest BCUT2D eigenvalue weighted by Gasteiger charge is 2.23. The van der Waals surface area contributed by atoms with Gasteiger partial charge in [-0.1, -0.05) is 218 Å². The molecule has 0 aliphatic rings. The fraction of sp³-hybridized carbons (Fsp3) is 0.902. The zero-order valence-electron chi connectivity index (χ0n) is 40.4. The van der Waals surface area contributed by atoms with Gasteiger partial charge in [-0.15, -0.1) is 0 Å². The van der Waals surface area contributed by atoms with Gasteiger partial charge in [-0.3, -0.25) is 9.36 Å². The van der Waals surface area contributed by atoms with Gasteiger partial charge in [0.1, 0.15) is 13.2 Å². The highest BCUT2D eigenvalue weighted by molar-refractivity contribution is 7.45. The lowest BCUT2D eigenvalue weighted by Gasteiger charge is -2.29. The second-order valence-corrected chi connectivity index (χ2v) is 20.3. The van der Waals surface area contributed by atoms with Crippen LogP contribution in [0, 0.1) is 0 Å². The first-order valence-electron chi connectivity index (χ1n) is 25.7. The zero-order valence-corrected chi connectivity index (χ0v) is 41.3. The minimum Gasteiger partial charge on any atom is -0.756 e. The molecule has 9 heteroatoms. The largest absolute Gasteiger partial charge is 0.756 e. The van der Waals surface area contributed by atoms with E-state index in [1.165, 1.54) is 173 Å². The van der Waals surface area contributed by atoms with Crippen molar-refractivity contribution in [2.75, 3.05) is 40.9 Å². The Balaban J connectivity index is 4.23. The number of aliphatic hydroxyl groups excluding tert-OH is 1. The second kappa shape index (κ2) is 43.2. The van der Waals surface area contributed by atoms with Gasteiger partial charge >= 0.3 is 0 Å². The minimum atomic E-state index is -4.59. The molecule has 0 heterocycles. The van der Waals surface area contributed by atoms with E-state index >= 15 is 0 Å². The number of carbonyl (C=O) groups excluding carboxylic acids is 1. The van der Waals surface area contributed by atoms with Crippen LogP contribution in [0.3, 0.4) is 0 Å². The summed E-state index contributed by atoms with van der Waals surface area (Å²) >= 11 is 0. The Hall–Kier alpha value is -1.02. The van der Waals surface area contributed by atoms with Crippen LogP contribution in [0.1, 0.15) is 245 Å². The van der Waals surface area contributed by atoms with Crippen molar-refractivity contribution < 1.29 is 32.9 Å². The van der Waals surface area contributed by atoms with E-state index in [4.69, 9.17) is 9.05 Å². The van der Waals surface area contributed by atoms with Crippen LogP contribution in [-0.4, -0.2) is 68.5 Å². The maximum Gasteiger partial charge on any atom is 0.268 e. The van der Waals surface area contributed by atoms with Gasteiger partial charge in [-0.25, -0.2) is 0 Å². The maximum absolute atomic E-state index is 12.9. The highest BCUT2D eigenvalue weighted by Crippen LogP contribution is 2.38. The quantitative estimate of drug-likeness (QED) is 0.0273. The van der Waals surface area contributed by atoms with Crippen molar-refractivity contribution >= 4 is 13.7 Å². The molecule has 0 bridgehead atoms. The van der Waals surface area contributed by atoms with Crippen LogP contribution in [-0.2, 0) is 18.4 Å². The number of hydrogen-bond acceptors (Lipinski definition) is 6. The Morgan fingerprint density at radius 1 is 0.567 bits per heavy atom. The number of amides is 1. The molecule has 0 rings (SSSR count). The fourth-order valence-corrected chi connectivity index (χ4v) is 8.28. The lowest BCUT2D eigenvalue weighted by atomic mass is 10.0. The van der Waals surface area contributed by atoms with E-state index < -0.39 is 20.0 Å². The Morgan fingerprint density at radius 2 is 0.917 bits per heavy atom. The smallest absolute Gasteiger partial charge is 0.268 e. The van der Waals surface area contributed by atoms with E-state index in [1.54, 1.807) is 6.08 Å². The number of nitrogens with one attached hydrogen (secondary N) is 1. The lowest BCUT2D eigenvalue weighted by Crippen LogP contribution is -2.45. The standard InChI is InChI=1S/C51H101N2O6P/c1-6-8-10-12-14-16-18-20-21-22-23-24-25-26-27-28-29-30-31-33-34-36-38-40-42-44-50(54)49(48-59-60(56,57)58-47-46-53(3,4)5)52-51(55)45-43-41-39-37-35-32-19-17-15-13-11-9-7-2/h32,35,42,44,49-50,54H,6-31,33-34,36-41,43,45-48H2,1-5H3,(H-,52,55,56,57)/b35-32-,44-42+. The number of quaternary nitrogens is 1. The first-order valence-corrected chi connectivity index (χ1v) is 27.2. The van der Waals surface area contributed by atoms with Gasteiger partial charge in [-0.2, -0.15) is 0 Å². The number of hydrogen-bond donors (Lipinski definition) is 2. The van der Waals surface area contributed by atoms with E-state index in [1.807, 2.05) is 27.2 Å². The number of phosphoric ester groups is 1. The predicted molar refractivity (Wildman–Crippen MR) is 256 cm³/mol. The van der Waals surface area contributed by atoms with Gasteiger partial charge in [0, 0.05) is 6.42 Å². The molecule has 0 fully saturated rings. The van der Waals surface area contributed by atoms with Crippen LogP contribution in [0.2, 0.25) is 0 Å². The number of carbonyl (C=O) groups is 1. The van der Waals surface area contributed by atoms with Crippen molar-refractivity contribution in [2.24, 2.45) is 0 Å². The minimum absolute atomic E-state index is 0.00242. The molecule has 0 aromatic heterocycles. The highest BCUT2D eigenvalue weighted by atomic mass is 31.2. The van der Waals surface area contributed by atoms with Gasteiger partial charge in [0.2, 0.25) is 5.91 Å². The SMILES string of the molecule is CCCCCCCC/C=C\CCCCCC(=O)NC(COP(=O)([O-])OCC[N+](C)(C)C)C(O)/C=C/CCCCCCCCCCCCCCCCCCCCCCCCC. The third-order valence-corrected chi connectivity index (χ3v) is 12.6. The molecule has 60 heavy (non-hydrogen) atoms. The van der Waals surface area contributed by atoms with Crippen molar-refractivity contribution in [3.63, 3.8) is 0 Å². The second-order valence-electron chi connectivity index (χ2n) is 18.9. The molecule has 2 N–H and O–H groups in total. The van der Waals surface area contributed by atoms with Crippen molar-refractivity contribution in [1.29, 1.82) is 0 Å². The Kier molecular flexibility index (Phi) is 42.5. The number of aliphatic hydroxyl groups is 1. The molecule has 0 spiro atoms. The molecule has 0 radical (unpaired) electrons. The van der Waals surface area contributed by atoms with E-state index in [0.29, 0.717) is 17.4 Å². The maximum atomic E-state index is 12.9. The first-order chi connectivity index (χ1) is 29.0. The zero-order chi connectivity index (χ0) is 44.3. The van der Waals surface area contributed by atoms with Crippen molar-refractivity contribution in [3.8, 4) is 0 Å². The van der Waals surface area contributed by atoms with E-state index in [9.17, 15) is 19.4 Å². The summed E-state index contributed by atoms with van der Waals surface area (Å²) in [5.41, 5.74) is 0. The monoisotopic (exact) mass is 869 g/mol. The van der Waals surface area contributed by atoms with Crippen molar-refractivity contribution in [3.05, 3.63) is 24.3 Å². The van der Waals surface area contributed by atoms with Gasteiger partial charge in [0.15, 0.2) is 0 Å². The molecule has 0 aliphatic heterocycles. The Morgan fingerprint density at radius 3 is 1.30 bits per heavy atom.